The van der Waals surface area contributed by atoms with E-state index in [1.807, 2.05) is 32.0 Å². The van der Waals surface area contributed by atoms with Gasteiger partial charge in [0.25, 0.3) is 0 Å². The summed E-state index contributed by atoms with van der Waals surface area (Å²) in [5.41, 5.74) is 3.15. The van der Waals surface area contributed by atoms with Crippen LogP contribution >= 0.6 is 0 Å². The Morgan fingerprint density at radius 2 is 2.00 bits per heavy atom. The molecule has 0 atom stereocenters. The summed E-state index contributed by atoms with van der Waals surface area (Å²) in [4.78, 5) is 14.0. The van der Waals surface area contributed by atoms with Crippen LogP contribution in [0.3, 0.4) is 0 Å². The van der Waals surface area contributed by atoms with Gasteiger partial charge in [0, 0.05) is 19.5 Å². The third-order valence-corrected chi connectivity index (χ3v) is 4.08. The van der Waals surface area contributed by atoms with Crippen molar-refractivity contribution in [1.29, 1.82) is 0 Å². The summed E-state index contributed by atoms with van der Waals surface area (Å²) in [6.45, 7) is 6.71. The van der Waals surface area contributed by atoms with Gasteiger partial charge < -0.3 is 9.32 Å². The zero-order chi connectivity index (χ0) is 19.4. The van der Waals surface area contributed by atoms with Gasteiger partial charge in [-0.25, -0.2) is 9.48 Å². The summed E-state index contributed by atoms with van der Waals surface area (Å²) < 4.78 is 7.25. The molecule has 2 heterocycles. The first-order chi connectivity index (χ1) is 12.9. The standard InChI is InChI=1S/C19H24N6O2/c1-5-17-21-22-18(27-17)12-24(4)19(26)20-16-10-14(3)23-25(16)11-15-8-6-7-13(2)9-15/h6-10H,5,11-12H2,1-4H3,(H,20,26). The lowest BCUT2D eigenvalue weighted by molar-refractivity contribution is 0.215. The normalized spacial score (nSPS) is 10.8. The fourth-order valence-electron chi connectivity index (χ4n) is 2.72. The van der Waals surface area contributed by atoms with Crippen LogP contribution in [-0.4, -0.2) is 38.0 Å². The van der Waals surface area contributed by atoms with Crippen molar-refractivity contribution in [2.75, 3.05) is 12.4 Å². The number of aryl methyl sites for hydroxylation is 3. The third kappa shape index (κ3) is 4.72. The van der Waals surface area contributed by atoms with E-state index < -0.39 is 0 Å². The fraction of sp³-hybridized carbons (Fsp3) is 0.368. The van der Waals surface area contributed by atoms with Crippen LogP contribution < -0.4 is 5.32 Å². The Kier molecular flexibility index (Phi) is 5.54. The van der Waals surface area contributed by atoms with Gasteiger partial charge >= 0.3 is 6.03 Å². The highest BCUT2D eigenvalue weighted by Crippen LogP contribution is 2.15. The van der Waals surface area contributed by atoms with Gasteiger partial charge in [-0.1, -0.05) is 36.8 Å². The quantitative estimate of drug-likeness (QED) is 0.722. The molecule has 2 aromatic heterocycles. The van der Waals surface area contributed by atoms with E-state index in [1.54, 1.807) is 11.7 Å². The molecule has 0 bridgehead atoms. The van der Waals surface area contributed by atoms with Crippen LogP contribution in [0.25, 0.3) is 0 Å². The van der Waals surface area contributed by atoms with Gasteiger partial charge in [-0.05, 0) is 19.4 Å². The molecule has 27 heavy (non-hydrogen) atoms. The topological polar surface area (TPSA) is 89.1 Å². The van der Waals surface area contributed by atoms with Gasteiger partial charge in [-0.3, -0.25) is 5.32 Å². The van der Waals surface area contributed by atoms with E-state index in [0.29, 0.717) is 30.6 Å². The molecule has 142 valence electrons. The zero-order valence-electron chi connectivity index (χ0n) is 16.1. The zero-order valence-corrected chi connectivity index (χ0v) is 16.1. The summed E-state index contributed by atoms with van der Waals surface area (Å²) in [5, 5.41) is 15.3. The summed E-state index contributed by atoms with van der Waals surface area (Å²) in [6, 6.07) is 9.80. The van der Waals surface area contributed by atoms with Crippen molar-refractivity contribution in [1.82, 2.24) is 24.9 Å². The second-order valence-electron chi connectivity index (χ2n) is 6.55. The predicted octanol–water partition coefficient (Wildman–Crippen LogP) is 3.16. The minimum atomic E-state index is -0.267. The molecule has 0 fully saturated rings. The summed E-state index contributed by atoms with van der Waals surface area (Å²) in [6.07, 6.45) is 0.667. The lowest BCUT2D eigenvalue weighted by atomic mass is 10.1. The number of urea groups is 1. The highest BCUT2D eigenvalue weighted by Gasteiger charge is 2.16. The number of amides is 2. The number of rotatable bonds is 6. The number of carbonyl (C=O) groups is 1. The van der Waals surface area contributed by atoms with Crippen molar-refractivity contribution in [3.63, 3.8) is 0 Å². The van der Waals surface area contributed by atoms with Gasteiger partial charge in [-0.15, -0.1) is 10.2 Å². The van der Waals surface area contributed by atoms with Crippen LogP contribution in [0.15, 0.2) is 34.7 Å². The molecule has 8 heteroatoms. The molecule has 3 rings (SSSR count). The maximum atomic E-state index is 12.5. The van der Waals surface area contributed by atoms with Crippen LogP contribution in [0.4, 0.5) is 10.6 Å². The largest absolute Gasteiger partial charge is 0.423 e. The van der Waals surface area contributed by atoms with Crippen molar-refractivity contribution in [3.8, 4) is 0 Å². The number of hydrogen-bond donors (Lipinski definition) is 1. The molecule has 0 saturated heterocycles. The van der Waals surface area contributed by atoms with Crippen molar-refractivity contribution >= 4 is 11.8 Å². The Balaban J connectivity index is 1.68. The number of benzene rings is 1. The van der Waals surface area contributed by atoms with E-state index in [4.69, 9.17) is 4.42 Å². The first-order valence-electron chi connectivity index (χ1n) is 8.88. The Bertz CT molecular complexity index is 930. The molecule has 0 spiro atoms. The molecule has 8 nitrogen and oxygen atoms in total. The van der Waals surface area contributed by atoms with E-state index in [1.165, 1.54) is 10.5 Å². The van der Waals surface area contributed by atoms with Crippen LogP contribution in [0.1, 0.15) is 35.5 Å². The molecule has 1 aromatic carbocycles. The smallest absolute Gasteiger partial charge is 0.323 e. The molecule has 0 unspecified atom stereocenters. The lowest BCUT2D eigenvalue weighted by Crippen LogP contribution is -2.31. The Morgan fingerprint density at radius 3 is 2.70 bits per heavy atom. The molecular weight excluding hydrogens is 344 g/mol. The van der Waals surface area contributed by atoms with Crippen LogP contribution in [-0.2, 0) is 19.5 Å². The number of nitrogens with zero attached hydrogens (tertiary/aromatic N) is 5. The number of aromatic nitrogens is 4. The van der Waals surface area contributed by atoms with E-state index >= 15 is 0 Å². The molecule has 1 N–H and O–H groups in total. The molecule has 3 aromatic rings. The molecular formula is C19H24N6O2. The van der Waals surface area contributed by atoms with Gasteiger partial charge in [0.05, 0.1) is 12.2 Å². The van der Waals surface area contributed by atoms with E-state index in [9.17, 15) is 4.79 Å². The van der Waals surface area contributed by atoms with Gasteiger partial charge in [0.1, 0.15) is 12.4 Å². The highest BCUT2D eigenvalue weighted by atomic mass is 16.4. The van der Waals surface area contributed by atoms with Gasteiger partial charge in [0.15, 0.2) is 0 Å². The van der Waals surface area contributed by atoms with Crippen LogP contribution in [0, 0.1) is 13.8 Å². The second-order valence-corrected chi connectivity index (χ2v) is 6.55. The molecule has 0 aliphatic rings. The van der Waals surface area contributed by atoms with Gasteiger partial charge in [0.2, 0.25) is 11.8 Å². The van der Waals surface area contributed by atoms with Crippen molar-refractivity contribution in [2.45, 2.75) is 40.3 Å². The van der Waals surface area contributed by atoms with Crippen LogP contribution in [0.2, 0.25) is 0 Å². The fourth-order valence-corrected chi connectivity index (χ4v) is 2.72. The van der Waals surface area contributed by atoms with Crippen molar-refractivity contribution in [2.24, 2.45) is 0 Å². The maximum Gasteiger partial charge on any atom is 0.323 e. The number of nitrogens with one attached hydrogen (secondary N) is 1. The average Bonchev–Trinajstić information content (AvgIpc) is 3.21. The second kappa shape index (κ2) is 8.03. The Labute approximate surface area is 158 Å². The SMILES string of the molecule is CCc1nnc(CN(C)C(=O)Nc2cc(C)nn2Cc2cccc(C)c2)o1. The molecule has 0 saturated carbocycles. The van der Waals surface area contributed by atoms with Gasteiger partial charge in [-0.2, -0.15) is 5.10 Å². The number of hydrogen-bond acceptors (Lipinski definition) is 5. The Hall–Kier alpha value is -3.16. The van der Waals surface area contributed by atoms with Crippen molar-refractivity contribution in [3.05, 3.63) is 58.9 Å². The van der Waals surface area contributed by atoms with E-state index in [-0.39, 0.29) is 12.6 Å². The minimum absolute atomic E-state index is 0.240. The first-order valence-corrected chi connectivity index (χ1v) is 8.88. The summed E-state index contributed by atoms with van der Waals surface area (Å²) in [5.74, 6) is 1.62. The maximum absolute atomic E-state index is 12.5. The Morgan fingerprint density at radius 1 is 1.22 bits per heavy atom. The predicted molar refractivity (Wildman–Crippen MR) is 101 cm³/mol. The monoisotopic (exact) mass is 368 g/mol. The number of carbonyl (C=O) groups excluding carboxylic acids is 1. The van der Waals surface area contributed by atoms with Crippen LogP contribution in [0.5, 0.6) is 0 Å². The third-order valence-electron chi connectivity index (χ3n) is 4.08. The minimum Gasteiger partial charge on any atom is -0.423 e. The highest BCUT2D eigenvalue weighted by molar-refractivity contribution is 5.88. The molecule has 0 radical (unpaired) electrons. The molecule has 0 aliphatic carbocycles. The molecule has 0 aliphatic heterocycles. The lowest BCUT2D eigenvalue weighted by Gasteiger charge is -2.16. The summed E-state index contributed by atoms with van der Waals surface area (Å²) in [7, 11) is 1.68. The number of anilines is 1. The first kappa shape index (κ1) is 18.6. The summed E-state index contributed by atoms with van der Waals surface area (Å²) >= 11 is 0. The van der Waals surface area contributed by atoms with E-state index in [0.717, 1.165) is 11.3 Å². The molecule has 2 amide bonds. The van der Waals surface area contributed by atoms with Crippen molar-refractivity contribution < 1.29 is 9.21 Å². The average molecular weight is 368 g/mol. The van der Waals surface area contributed by atoms with E-state index in [2.05, 4.69) is 39.7 Å².